The van der Waals surface area contributed by atoms with Gasteiger partial charge in [0.2, 0.25) is 0 Å². The second-order valence-corrected chi connectivity index (χ2v) is 7.12. The van der Waals surface area contributed by atoms with Crippen molar-refractivity contribution in [2.75, 3.05) is 7.11 Å². The van der Waals surface area contributed by atoms with Crippen molar-refractivity contribution in [2.45, 2.75) is 47.6 Å². The molecule has 144 valence electrons. The molecule has 0 aliphatic rings. The van der Waals surface area contributed by atoms with Crippen molar-refractivity contribution in [1.82, 2.24) is 4.57 Å². The molecule has 0 aliphatic heterocycles. The van der Waals surface area contributed by atoms with E-state index in [1.807, 2.05) is 6.07 Å². The second-order valence-electron chi connectivity index (χ2n) is 7.12. The summed E-state index contributed by atoms with van der Waals surface area (Å²) in [5, 5.41) is 1.15. The van der Waals surface area contributed by atoms with Crippen LogP contribution < -0.4 is 0 Å². The van der Waals surface area contributed by atoms with Crippen LogP contribution in [0.2, 0.25) is 0 Å². The number of fused-ring (bicyclic) bond motifs is 1. The van der Waals surface area contributed by atoms with Crippen LogP contribution in [0.15, 0.2) is 47.8 Å². The zero-order valence-corrected chi connectivity index (χ0v) is 17.2. The number of benzene rings is 1. The van der Waals surface area contributed by atoms with Crippen LogP contribution in [0.25, 0.3) is 16.5 Å². The quantitative estimate of drug-likeness (QED) is 0.356. The molecule has 0 fully saturated rings. The number of hydrogen-bond donors (Lipinski definition) is 0. The molecule has 2 rings (SSSR count). The first-order valence-electron chi connectivity index (χ1n) is 9.09. The van der Waals surface area contributed by atoms with Crippen molar-refractivity contribution in [2.24, 2.45) is 0 Å². The van der Waals surface area contributed by atoms with Gasteiger partial charge in [-0.1, -0.05) is 12.1 Å². The Morgan fingerprint density at radius 2 is 1.85 bits per heavy atom. The van der Waals surface area contributed by atoms with E-state index in [0.29, 0.717) is 17.2 Å². The van der Waals surface area contributed by atoms with Gasteiger partial charge in [0.15, 0.2) is 0 Å². The normalized spacial score (nSPS) is 13.6. The first-order valence-corrected chi connectivity index (χ1v) is 9.09. The van der Waals surface area contributed by atoms with E-state index in [0.717, 1.165) is 10.9 Å². The maximum Gasteiger partial charge on any atom is 0.330 e. The molecule has 1 heterocycles. The van der Waals surface area contributed by atoms with Crippen LogP contribution in [0.5, 0.6) is 0 Å². The lowest BCUT2D eigenvalue weighted by Crippen LogP contribution is -2.02. The molecule has 0 bridgehead atoms. The lowest BCUT2D eigenvalue weighted by Gasteiger charge is -2.12. The molecule has 0 N–H and O–H groups in total. The molecule has 0 aliphatic carbocycles. The molecule has 2 aromatic rings. The van der Waals surface area contributed by atoms with E-state index in [2.05, 4.69) is 49.1 Å². The van der Waals surface area contributed by atoms with Gasteiger partial charge in [0, 0.05) is 28.7 Å². The number of aryl methyl sites for hydroxylation is 1. The number of nitrogens with zero attached hydrogens (tertiary/aromatic N) is 1. The Bertz CT molecular complexity index is 958. The Balaban J connectivity index is 2.43. The zero-order chi connectivity index (χ0) is 20.3. The first-order chi connectivity index (χ1) is 12.7. The molecular weight excluding hydrogens is 341 g/mol. The van der Waals surface area contributed by atoms with Crippen LogP contribution in [-0.4, -0.2) is 17.6 Å². The molecule has 0 saturated carbocycles. The fourth-order valence-corrected chi connectivity index (χ4v) is 3.26. The maximum atomic E-state index is 14.6. The van der Waals surface area contributed by atoms with Gasteiger partial charge in [-0.05, 0) is 82.0 Å². The van der Waals surface area contributed by atoms with E-state index in [9.17, 15) is 9.18 Å². The molecular formula is C23H28FNO2. The summed E-state index contributed by atoms with van der Waals surface area (Å²) < 4.78 is 21.5. The summed E-state index contributed by atoms with van der Waals surface area (Å²) in [6, 6.07) is 6.44. The van der Waals surface area contributed by atoms with E-state index < -0.39 is 5.97 Å². The van der Waals surface area contributed by atoms with Crippen molar-refractivity contribution in [3.05, 3.63) is 64.6 Å². The van der Waals surface area contributed by atoms with Crippen LogP contribution in [0.4, 0.5) is 4.39 Å². The van der Waals surface area contributed by atoms with Gasteiger partial charge in [-0.25, -0.2) is 9.18 Å². The van der Waals surface area contributed by atoms with Gasteiger partial charge >= 0.3 is 5.97 Å². The smallest absolute Gasteiger partial charge is 0.330 e. The van der Waals surface area contributed by atoms with Crippen LogP contribution in [0.3, 0.4) is 0 Å². The third-order valence-electron chi connectivity index (χ3n) is 4.91. The Labute approximate surface area is 160 Å². The summed E-state index contributed by atoms with van der Waals surface area (Å²) in [6.07, 6.45) is 4.27. The molecule has 1 aromatic carbocycles. The van der Waals surface area contributed by atoms with Gasteiger partial charge in [0.05, 0.1) is 7.11 Å². The largest absolute Gasteiger partial charge is 0.466 e. The molecule has 1 aromatic heterocycles. The number of carbonyl (C=O) groups excluding carboxylic acids is 1. The van der Waals surface area contributed by atoms with Crippen LogP contribution in [-0.2, 0) is 9.53 Å². The minimum Gasteiger partial charge on any atom is -0.466 e. The molecule has 0 spiro atoms. The van der Waals surface area contributed by atoms with Gasteiger partial charge in [-0.15, -0.1) is 0 Å². The van der Waals surface area contributed by atoms with Gasteiger partial charge in [-0.3, -0.25) is 0 Å². The summed E-state index contributed by atoms with van der Waals surface area (Å²) in [7, 11) is 1.31. The number of esters is 1. The first kappa shape index (κ1) is 20.7. The monoisotopic (exact) mass is 369 g/mol. The lowest BCUT2D eigenvalue weighted by molar-refractivity contribution is -0.134. The Hall–Kier alpha value is -2.62. The number of ether oxygens (including phenoxy) is 1. The molecule has 0 atom stereocenters. The average Bonchev–Trinajstić information content (AvgIpc) is 2.89. The topological polar surface area (TPSA) is 31.2 Å². The molecule has 0 saturated heterocycles. The molecule has 0 radical (unpaired) electrons. The van der Waals surface area contributed by atoms with Crippen LogP contribution >= 0.6 is 0 Å². The number of allylic oxidation sites excluding steroid dienone is 5. The van der Waals surface area contributed by atoms with E-state index in [1.165, 1.54) is 36.0 Å². The molecule has 3 nitrogen and oxygen atoms in total. The Kier molecular flexibility index (Phi) is 6.42. The van der Waals surface area contributed by atoms with Crippen LogP contribution in [0.1, 0.15) is 50.6 Å². The number of aromatic nitrogens is 1. The molecule has 4 heteroatoms. The number of halogens is 1. The fraction of sp³-hybridized carbons (Fsp3) is 0.348. The van der Waals surface area contributed by atoms with Gasteiger partial charge in [0.1, 0.15) is 5.83 Å². The fourth-order valence-electron chi connectivity index (χ4n) is 3.26. The number of hydrogen-bond acceptors (Lipinski definition) is 2. The summed E-state index contributed by atoms with van der Waals surface area (Å²) in [5.41, 5.74) is 5.67. The third kappa shape index (κ3) is 4.38. The number of methoxy groups -OCH3 is 1. The summed E-state index contributed by atoms with van der Waals surface area (Å²) in [6.45, 7) is 12.1. The predicted octanol–water partition coefficient (Wildman–Crippen LogP) is 6.22. The standard InChI is InChI=1S/C23H28FNO2/c1-14(2)25-18(6)16(4)20-13-19(9-11-22(20)25)17(5)21(24)10-8-15(3)12-23(26)27-7/h8-14H,1-7H3/b10-8+,15-12+,21-17+. The highest BCUT2D eigenvalue weighted by Gasteiger charge is 2.14. The van der Waals surface area contributed by atoms with E-state index >= 15 is 0 Å². The molecule has 27 heavy (non-hydrogen) atoms. The van der Waals surface area contributed by atoms with Crippen molar-refractivity contribution < 1.29 is 13.9 Å². The zero-order valence-electron chi connectivity index (χ0n) is 17.2. The average molecular weight is 369 g/mol. The minimum atomic E-state index is -0.454. The van der Waals surface area contributed by atoms with E-state index in [-0.39, 0.29) is 5.83 Å². The summed E-state index contributed by atoms with van der Waals surface area (Å²) in [4.78, 5) is 11.2. The number of carbonyl (C=O) groups is 1. The van der Waals surface area contributed by atoms with Crippen molar-refractivity contribution in [3.8, 4) is 0 Å². The SMILES string of the molecule is COC(=O)/C=C(C)/C=C/C(F)=C(/C)c1ccc2c(c1)c(C)c(C)n2C(C)C. The maximum absolute atomic E-state index is 14.6. The van der Waals surface area contributed by atoms with Crippen molar-refractivity contribution >= 4 is 22.4 Å². The lowest BCUT2D eigenvalue weighted by atomic mass is 10.0. The summed E-state index contributed by atoms with van der Waals surface area (Å²) in [5.74, 6) is -0.783. The highest BCUT2D eigenvalue weighted by molar-refractivity contribution is 5.89. The molecule has 0 amide bonds. The second kappa shape index (κ2) is 8.38. The van der Waals surface area contributed by atoms with Crippen molar-refractivity contribution in [1.29, 1.82) is 0 Å². The van der Waals surface area contributed by atoms with E-state index in [1.54, 1.807) is 19.9 Å². The minimum absolute atomic E-state index is 0.329. The summed E-state index contributed by atoms with van der Waals surface area (Å²) >= 11 is 0. The van der Waals surface area contributed by atoms with E-state index in [4.69, 9.17) is 0 Å². The van der Waals surface area contributed by atoms with Gasteiger partial charge in [0.25, 0.3) is 0 Å². The van der Waals surface area contributed by atoms with Crippen molar-refractivity contribution in [3.63, 3.8) is 0 Å². The highest BCUT2D eigenvalue weighted by Crippen LogP contribution is 2.31. The highest BCUT2D eigenvalue weighted by atomic mass is 19.1. The van der Waals surface area contributed by atoms with Gasteiger partial charge < -0.3 is 9.30 Å². The predicted molar refractivity (Wildman–Crippen MR) is 110 cm³/mol. The Morgan fingerprint density at radius 3 is 2.44 bits per heavy atom. The van der Waals surface area contributed by atoms with Gasteiger partial charge in [-0.2, -0.15) is 0 Å². The Morgan fingerprint density at radius 1 is 1.19 bits per heavy atom. The third-order valence-corrected chi connectivity index (χ3v) is 4.91. The molecule has 0 unspecified atom stereocenters. The number of rotatable bonds is 5. The van der Waals surface area contributed by atoms with Crippen LogP contribution in [0, 0.1) is 13.8 Å².